The second kappa shape index (κ2) is 8.21. The van der Waals surface area contributed by atoms with Crippen molar-refractivity contribution in [1.29, 1.82) is 0 Å². The lowest BCUT2D eigenvalue weighted by molar-refractivity contribution is -0.139. The first-order valence-electron chi connectivity index (χ1n) is 8.59. The van der Waals surface area contributed by atoms with Crippen molar-refractivity contribution in [3.63, 3.8) is 0 Å². The Labute approximate surface area is 152 Å². The average molecular weight is 357 g/mol. The van der Waals surface area contributed by atoms with Gasteiger partial charge in [-0.1, -0.05) is 30.3 Å². The zero-order valence-electron chi connectivity index (χ0n) is 14.8. The first kappa shape index (κ1) is 18.2. The summed E-state index contributed by atoms with van der Waals surface area (Å²) in [7, 11) is 1.33. The first-order chi connectivity index (χ1) is 12.6. The minimum atomic E-state index is -0.421. The summed E-state index contributed by atoms with van der Waals surface area (Å²) in [6, 6.07) is 10.7. The lowest BCUT2D eigenvalue weighted by Crippen LogP contribution is -2.36. The number of hydrogen-bond acceptors (Lipinski definition) is 6. The van der Waals surface area contributed by atoms with Crippen molar-refractivity contribution in [3.05, 3.63) is 47.5 Å². The summed E-state index contributed by atoms with van der Waals surface area (Å²) < 4.78 is 10.2. The number of hydrogen-bond donors (Lipinski definition) is 2. The van der Waals surface area contributed by atoms with Gasteiger partial charge in [-0.05, 0) is 11.1 Å². The number of benzene rings is 2. The van der Waals surface area contributed by atoms with Crippen LogP contribution in [0.3, 0.4) is 0 Å². The number of esters is 1. The molecule has 0 bridgehead atoms. The summed E-state index contributed by atoms with van der Waals surface area (Å²) in [6.45, 7) is 3.24. The van der Waals surface area contributed by atoms with Gasteiger partial charge in [-0.3, -0.25) is 9.69 Å². The molecule has 0 radical (unpaired) electrons. The highest BCUT2D eigenvalue weighted by Crippen LogP contribution is 2.40. The quantitative estimate of drug-likeness (QED) is 0.800. The van der Waals surface area contributed by atoms with Crippen LogP contribution in [0.5, 0.6) is 11.5 Å². The van der Waals surface area contributed by atoms with Gasteiger partial charge in [-0.15, -0.1) is 0 Å². The van der Waals surface area contributed by atoms with Crippen molar-refractivity contribution in [2.75, 3.05) is 33.4 Å². The Bertz CT molecular complexity index is 770. The highest BCUT2D eigenvalue weighted by atomic mass is 16.5. The van der Waals surface area contributed by atoms with E-state index in [1.54, 1.807) is 0 Å². The van der Waals surface area contributed by atoms with Crippen LogP contribution in [0.15, 0.2) is 36.4 Å². The average Bonchev–Trinajstić information content (AvgIpc) is 2.66. The van der Waals surface area contributed by atoms with Gasteiger partial charge >= 0.3 is 5.97 Å². The van der Waals surface area contributed by atoms with E-state index in [0.29, 0.717) is 36.4 Å². The summed E-state index contributed by atoms with van der Waals surface area (Å²) in [6.07, 6.45) is -0.0254. The second-order valence-corrected chi connectivity index (χ2v) is 6.25. The lowest BCUT2D eigenvalue weighted by atomic mass is 9.91. The molecule has 138 valence electrons. The van der Waals surface area contributed by atoms with Crippen LogP contribution < -0.4 is 0 Å². The van der Waals surface area contributed by atoms with Gasteiger partial charge in [0.1, 0.15) is 11.5 Å². The van der Waals surface area contributed by atoms with Crippen molar-refractivity contribution in [2.24, 2.45) is 0 Å². The molecule has 0 aromatic heterocycles. The lowest BCUT2D eigenvalue weighted by Gasteiger charge is -2.28. The van der Waals surface area contributed by atoms with Gasteiger partial charge in [0.15, 0.2) is 0 Å². The Morgan fingerprint density at radius 2 is 1.81 bits per heavy atom. The molecule has 2 aromatic rings. The summed E-state index contributed by atoms with van der Waals surface area (Å²) in [5.41, 5.74) is 2.56. The molecule has 0 aliphatic carbocycles. The molecule has 3 rings (SSSR count). The Hall–Kier alpha value is -2.57. The molecule has 6 nitrogen and oxygen atoms in total. The van der Waals surface area contributed by atoms with Gasteiger partial charge in [0, 0.05) is 36.8 Å². The third-order valence-corrected chi connectivity index (χ3v) is 4.60. The number of ether oxygens (including phenoxy) is 2. The van der Waals surface area contributed by atoms with E-state index in [2.05, 4.69) is 4.90 Å². The molecule has 2 N–H and O–H groups in total. The van der Waals surface area contributed by atoms with Crippen LogP contribution >= 0.6 is 0 Å². The summed E-state index contributed by atoms with van der Waals surface area (Å²) in [5.74, 6) is -0.499. The minimum absolute atomic E-state index is 0.0208. The van der Waals surface area contributed by atoms with Crippen molar-refractivity contribution < 1.29 is 24.5 Å². The van der Waals surface area contributed by atoms with Gasteiger partial charge in [-0.2, -0.15) is 0 Å². The van der Waals surface area contributed by atoms with Crippen molar-refractivity contribution in [1.82, 2.24) is 4.90 Å². The number of nitrogens with zero attached hydrogens (tertiary/aromatic N) is 1. The van der Waals surface area contributed by atoms with Gasteiger partial charge in [-0.25, -0.2) is 0 Å². The normalized spacial score (nSPS) is 15.0. The predicted molar refractivity (Wildman–Crippen MR) is 97.0 cm³/mol. The zero-order chi connectivity index (χ0) is 18.5. The molecule has 1 heterocycles. The third-order valence-electron chi connectivity index (χ3n) is 4.60. The number of carbonyl (C=O) groups is 1. The van der Waals surface area contributed by atoms with Crippen molar-refractivity contribution in [2.45, 2.75) is 13.0 Å². The van der Waals surface area contributed by atoms with E-state index in [4.69, 9.17) is 9.47 Å². The van der Waals surface area contributed by atoms with Crippen LogP contribution in [0.25, 0.3) is 11.1 Å². The van der Waals surface area contributed by atoms with Crippen LogP contribution in [0, 0.1) is 0 Å². The molecule has 0 spiro atoms. The Morgan fingerprint density at radius 1 is 1.12 bits per heavy atom. The fourth-order valence-corrected chi connectivity index (χ4v) is 3.25. The number of rotatable bonds is 5. The van der Waals surface area contributed by atoms with Gasteiger partial charge < -0.3 is 19.7 Å². The number of carbonyl (C=O) groups excluding carboxylic acids is 1. The van der Waals surface area contributed by atoms with Crippen LogP contribution in [-0.4, -0.2) is 54.5 Å². The highest BCUT2D eigenvalue weighted by Gasteiger charge is 2.23. The van der Waals surface area contributed by atoms with Crippen LogP contribution in [-0.2, 0) is 27.2 Å². The van der Waals surface area contributed by atoms with E-state index in [0.717, 1.165) is 18.7 Å². The number of morpholine rings is 1. The molecule has 6 heteroatoms. The van der Waals surface area contributed by atoms with E-state index in [1.165, 1.54) is 13.2 Å². The number of phenols is 2. The maximum absolute atomic E-state index is 12.0. The highest BCUT2D eigenvalue weighted by molar-refractivity contribution is 5.83. The molecule has 0 amide bonds. The predicted octanol–water partition coefficient (Wildman–Crippen LogP) is 2.31. The number of methoxy groups -OCH3 is 1. The van der Waals surface area contributed by atoms with E-state index >= 15 is 0 Å². The minimum Gasteiger partial charge on any atom is -0.507 e. The van der Waals surface area contributed by atoms with Crippen LogP contribution in [0.4, 0.5) is 0 Å². The summed E-state index contributed by atoms with van der Waals surface area (Å²) >= 11 is 0. The monoisotopic (exact) mass is 357 g/mol. The zero-order valence-corrected chi connectivity index (χ0v) is 14.8. The van der Waals surface area contributed by atoms with Gasteiger partial charge in [0.25, 0.3) is 0 Å². The molecule has 1 aliphatic heterocycles. The van der Waals surface area contributed by atoms with E-state index in [1.807, 2.05) is 30.3 Å². The van der Waals surface area contributed by atoms with Gasteiger partial charge in [0.2, 0.25) is 0 Å². The third kappa shape index (κ3) is 3.98. The molecule has 1 aliphatic rings. The molecule has 2 aromatic carbocycles. The largest absolute Gasteiger partial charge is 0.507 e. The maximum atomic E-state index is 12.0. The van der Waals surface area contributed by atoms with E-state index < -0.39 is 5.97 Å². The number of phenolic OH excluding ortho intramolecular Hbond substituents is 2. The Balaban J connectivity index is 2.10. The molecule has 0 unspecified atom stereocenters. The second-order valence-electron chi connectivity index (χ2n) is 6.25. The summed E-state index contributed by atoms with van der Waals surface area (Å²) in [4.78, 5) is 14.2. The molecule has 1 fully saturated rings. The number of aromatic hydroxyl groups is 2. The molecular weight excluding hydrogens is 334 g/mol. The fraction of sp³-hybridized carbons (Fsp3) is 0.350. The van der Waals surface area contributed by atoms with Crippen molar-refractivity contribution in [3.8, 4) is 22.6 Å². The summed E-state index contributed by atoms with van der Waals surface area (Å²) in [5, 5.41) is 21.0. The van der Waals surface area contributed by atoms with Crippen LogP contribution in [0.1, 0.15) is 11.1 Å². The van der Waals surface area contributed by atoms with Gasteiger partial charge in [0.05, 0.1) is 26.7 Å². The Kier molecular flexibility index (Phi) is 5.75. The topological polar surface area (TPSA) is 79.2 Å². The molecule has 0 atom stereocenters. The van der Waals surface area contributed by atoms with E-state index in [-0.39, 0.29) is 17.9 Å². The smallest absolute Gasteiger partial charge is 0.310 e. The van der Waals surface area contributed by atoms with Crippen molar-refractivity contribution >= 4 is 5.97 Å². The first-order valence-corrected chi connectivity index (χ1v) is 8.59. The molecule has 0 saturated carbocycles. The Morgan fingerprint density at radius 3 is 2.46 bits per heavy atom. The molecular formula is C20H23NO5. The molecule has 26 heavy (non-hydrogen) atoms. The maximum Gasteiger partial charge on any atom is 0.310 e. The molecule has 1 saturated heterocycles. The van der Waals surface area contributed by atoms with E-state index in [9.17, 15) is 15.0 Å². The standard InChI is InChI=1S/C20H23NO5/c1-25-19(24)11-15-16(13-21-7-9-26-10-8-21)17(22)12-18(23)20(15)14-5-3-2-4-6-14/h2-6,12,22-23H,7-11,13H2,1H3. The SMILES string of the molecule is COC(=O)Cc1c(CN2CCOCC2)c(O)cc(O)c1-c1ccccc1. The van der Waals surface area contributed by atoms with Crippen LogP contribution in [0.2, 0.25) is 0 Å². The fourth-order valence-electron chi connectivity index (χ4n) is 3.25.